The van der Waals surface area contributed by atoms with E-state index in [1.165, 1.54) is 18.2 Å². The number of hydrogen-bond acceptors (Lipinski definition) is 3. The maximum absolute atomic E-state index is 13.7. The molecule has 0 atom stereocenters. The number of benzene rings is 1. The van der Waals surface area contributed by atoms with Crippen molar-refractivity contribution in [1.82, 2.24) is 9.78 Å². The number of aryl methyl sites for hydroxylation is 1. The van der Waals surface area contributed by atoms with Crippen molar-refractivity contribution in [3.05, 3.63) is 40.3 Å². The fraction of sp³-hybridized carbons (Fsp3) is 0.0909. The van der Waals surface area contributed by atoms with Crippen molar-refractivity contribution >= 4 is 17.4 Å². The fourth-order valence-corrected chi connectivity index (χ4v) is 1.79. The lowest BCUT2D eigenvalue weighted by Crippen LogP contribution is -2.05. The smallest absolute Gasteiger partial charge is 0.150 e. The molecule has 6 heteroatoms. The normalized spacial score (nSPS) is 10.2. The summed E-state index contributed by atoms with van der Waals surface area (Å²) in [5.41, 5.74) is 6.45. The van der Waals surface area contributed by atoms with Crippen LogP contribution in [0, 0.1) is 24.1 Å². The van der Waals surface area contributed by atoms with Crippen LogP contribution >= 0.6 is 11.6 Å². The number of nitriles is 1. The zero-order valence-corrected chi connectivity index (χ0v) is 9.66. The highest BCUT2D eigenvalue weighted by Crippen LogP contribution is 2.27. The molecule has 2 rings (SSSR count). The van der Waals surface area contributed by atoms with Gasteiger partial charge in [-0.2, -0.15) is 10.4 Å². The lowest BCUT2D eigenvalue weighted by atomic mass is 10.2. The second kappa shape index (κ2) is 4.07. The molecule has 1 heterocycles. The Hall–Kier alpha value is -2.06. The van der Waals surface area contributed by atoms with E-state index in [1.54, 1.807) is 6.92 Å². The number of aromatic nitrogens is 2. The van der Waals surface area contributed by atoms with Gasteiger partial charge < -0.3 is 5.73 Å². The van der Waals surface area contributed by atoms with Crippen LogP contribution in [-0.2, 0) is 0 Å². The van der Waals surface area contributed by atoms with Crippen molar-refractivity contribution in [3.8, 4) is 11.8 Å². The van der Waals surface area contributed by atoms with E-state index in [0.29, 0.717) is 5.69 Å². The molecule has 0 bridgehead atoms. The third-order valence-electron chi connectivity index (χ3n) is 2.36. The fourth-order valence-electron chi connectivity index (χ4n) is 1.55. The molecule has 17 heavy (non-hydrogen) atoms. The van der Waals surface area contributed by atoms with Gasteiger partial charge in [0.1, 0.15) is 29.0 Å². The minimum Gasteiger partial charge on any atom is -0.382 e. The summed E-state index contributed by atoms with van der Waals surface area (Å²) in [7, 11) is 0. The van der Waals surface area contributed by atoms with Crippen molar-refractivity contribution in [3.63, 3.8) is 0 Å². The van der Waals surface area contributed by atoms with Crippen molar-refractivity contribution in [1.29, 1.82) is 5.26 Å². The van der Waals surface area contributed by atoms with Crippen LogP contribution in [0.15, 0.2) is 18.2 Å². The molecule has 0 aliphatic rings. The number of nitrogens with zero attached hydrogens (tertiary/aromatic N) is 3. The summed E-state index contributed by atoms with van der Waals surface area (Å²) < 4.78 is 14.8. The monoisotopic (exact) mass is 250 g/mol. The predicted molar refractivity (Wildman–Crippen MR) is 62.4 cm³/mol. The maximum Gasteiger partial charge on any atom is 0.150 e. The zero-order valence-electron chi connectivity index (χ0n) is 8.91. The van der Waals surface area contributed by atoms with Crippen molar-refractivity contribution in [2.45, 2.75) is 6.92 Å². The van der Waals surface area contributed by atoms with Crippen LogP contribution in [0.2, 0.25) is 5.02 Å². The first-order valence-corrected chi connectivity index (χ1v) is 5.13. The van der Waals surface area contributed by atoms with E-state index in [2.05, 4.69) is 5.10 Å². The molecular weight excluding hydrogens is 243 g/mol. The van der Waals surface area contributed by atoms with Gasteiger partial charge in [0.25, 0.3) is 0 Å². The van der Waals surface area contributed by atoms with E-state index in [1.807, 2.05) is 6.07 Å². The Morgan fingerprint density at radius 1 is 1.53 bits per heavy atom. The van der Waals surface area contributed by atoms with E-state index in [-0.39, 0.29) is 22.1 Å². The number of para-hydroxylation sites is 1. The van der Waals surface area contributed by atoms with Gasteiger partial charge in [0.15, 0.2) is 0 Å². The van der Waals surface area contributed by atoms with Crippen LogP contribution in [-0.4, -0.2) is 9.78 Å². The average Bonchev–Trinajstić information content (AvgIpc) is 2.54. The van der Waals surface area contributed by atoms with Crippen molar-refractivity contribution in [2.24, 2.45) is 0 Å². The van der Waals surface area contributed by atoms with Gasteiger partial charge in [0.2, 0.25) is 0 Å². The molecule has 2 aromatic rings. The predicted octanol–water partition coefficient (Wildman–Crippen LogP) is 2.43. The highest BCUT2D eigenvalue weighted by atomic mass is 35.5. The molecule has 0 fully saturated rings. The Labute approximate surface area is 102 Å². The lowest BCUT2D eigenvalue weighted by Gasteiger charge is -2.07. The van der Waals surface area contributed by atoms with E-state index >= 15 is 0 Å². The third kappa shape index (κ3) is 1.73. The molecule has 0 saturated carbocycles. The summed E-state index contributed by atoms with van der Waals surface area (Å²) in [5.74, 6) is -0.465. The third-order valence-corrected chi connectivity index (χ3v) is 2.66. The molecule has 1 aromatic heterocycles. The van der Waals surface area contributed by atoms with E-state index in [9.17, 15) is 4.39 Å². The number of nitrogens with two attached hydrogens (primary N) is 1. The molecule has 1 aromatic carbocycles. The minimum absolute atomic E-state index is 0.0521. The summed E-state index contributed by atoms with van der Waals surface area (Å²) in [5, 5.41) is 13.1. The van der Waals surface area contributed by atoms with Crippen LogP contribution in [0.5, 0.6) is 0 Å². The second-order valence-electron chi connectivity index (χ2n) is 3.44. The minimum atomic E-state index is -0.545. The summed E-state index contributed by atoms with van der Waals surface area (Å²) >= 11 is 5.90. The summed E-state index contributed by atoms with van der Waals surface area (Å²) in [6.07, 6.45) is 0. The van der Waals surface area contributed by atoms with Crippen LogP contribution in [0.25, 0.3) is 5.69 Å². The zero-order chi connectivity index (χ0) is 12.6. The van der Waals surface area contributed by atoms with Gasteiger partial charge in [-0.15, -0.1) is 0 Å². The first-order valence-electron chi connectivity index (χ1n) is 4.76. The largest absolute Gasteiger partial charge is 0.382 e. The highest BCUT2D eigenvalue weighted by molar-refractivity contribution is 6.32. The van der Waals surface area contributed by atoms with Crippen LogP contribution < -0.4 is 5.73 Å². The number of rotatable bonds is 1. The second-order valence-corrected chi connectivity index (χ2v) is 3.85. The maximum atomic E-state index is 13.7. The quantitative estimate of drug-likeness (QED) is 0.845. The van der Waals surface area contributed by atoms with Gasteiger partial charge in [-0.25, -0.2) is 9.07 Å². The molecule has 0 radical (unpaired) electrons. The molecule has 0 aliphatic carbocycles. The molecule has 2 N–H and O–H groups in total. The van der Waals surface area contributed by atoms with Crippen molar-refractivity contribution in [2.75, 3.05) is 5.73 Å². The molecule has 86 valence electrons. The number of hydrogen-bond donors (Lipinski definition) is 1. The van der Waals surface area contributed by atoms with Crippen molar-refractivity contribution < 1.29 is 4.39 Å². The Balaban J connectivity index is 2.75. The molecule has 0 unspecified atom stereocenters. The summed E-state index contributed by atoms with van der Waals surface area (Å²) in [6.45, 7) is 1.63. The highest BCUT2D eigenvalue weighted by Gasteiger charge is 2.17. The number of nitrogen functional groups attached to an aromatic ring is 1. The molecule has 0 amide bonds. The van der Waals surface area contributed by atoms with E-state index in [0.717, 1.165) is 4.68 Å². The van der Waals surface area contributed by atoms with E-state index in [4.69, 9.17) is 22.6 Å². The van der Waals surface area contributed by atoms with Gasteiger partial charge >= 0.3 is 0 Å². The van der Waals surface area contributed by atoms with Crippen LogP contribution in [0.1, 0.15) is 11.3 Å². The van der Waals surface area contributed by atoms with Crippen LogP contribution in [0.4, 0.5) is 10.2 Å². The lowest BCUT2D eigenvalue weighted by molar-refractivity contribution is 0.611. The van der Waals surface area contributed by atoms with Gasteiger partial charge in [0, 0.05) is 0 Å². The van der Waals surface area contributed by atoms with Gasteiger partial charge in [-0.05, 0) is 19.1 Å². The first kappa shape index (κ1) is 11.4. The summed E-state index contributed by atoms with van der Waals surface area (Å²) in [4.78, 5) is 0. The van der Waals surface area contributed by atoms with Gasteiger partial charge in [0.05, 0.1) is 10.7 Å². The number of halogens is 2. The molecule has 0 aliphatic heterocycles. The Morgan fingerprint density at radius 2 is 2.24 bits per heavy atom. The van der Waals surface area contributed by atoms with Gasteiger partial charge in [-0.3, -0.25) is 0 Å². The Bertz CT molecular complexity index is 607. The first-order chi connectivity index (χ1) is 8.06. The van der Waals surface area contributed by atoms with Gasteiger partial charge in [-0.1, -0.05) is 17.7 Å². The Kier molecular flexibility index (Phi) is 2.74. The SMILES string of the molecule is Cc1nn(-c2c(F)cccc2Cl)c(N)c1C#N. The molecule has 4 nitrogen and oxygen atoms in total. The van der Waals surface area contributed by atoms with E-state index < -0.39 is 5.82 Å². The number of anilines is 1. The molecular formula is C11H8ClFN4. The topological polar surface area (TPSA) is 67.6 Å². The molecule has 0 spiro atoms. The molecule has 0 saturated heterocycles. The Morgan fingerprint density at radius 3 is 2.76 bits per heavy atom. The van der Waals surface area contributed by atoms with Crippen LogP contribution in [0.3, 0.4) is 0 Å². The summed E-state index contributed by atoms with van der Waals surface area (Å²) in [6, 6.07) is 6.19. The average molecular weight is 251 g/mol. The standard InChI is InChI=1S/C11H8ClFN4/c1-6-7(5-14)11(15)17(16-6)10-8(12)3-2-4-9(10)13/h2-4H,15H2,1H3.